The van der Waals surface area contributed by atoms with Gasteiger partial charge in [-0.05, 0) is 64.3 Å². The fourth-order valence-electron chi connectivity index (χ4n) is 4.63. The predicted octanol–water partition coefficient (Wildman–Crippen LogP) is 6.57. The molecular formula is C26H20BrClN4O2. The lowest BCUT2D eigenvalue weighted by molar-refractivity contribution is 0.223. The molecule has 0 saturated carbocycles. The first-order valence-corrected chi connectivity index (χ1v) is 12.0. The number of methoxy groups -OCH3 is 1. The number of fused-ring (bicyclic) bond motifs is 3. The van der Waals surface area contributed by atoms with E-state index in [0.717, 1.165) is 43.9 Å². The van der Waals surface area contributed by atoms with E-state index in [1.807, 2.05) is 41.1 Å². The van der Waals surface area contributed by atoms with Crippen molar-refractivity contribution in [1.82, 2.24) is 14.8 Å². The number of aryl methyl sites for hydroxylation is 1. The summed E-state index contributed by atoms with van der Waals surface area (Å²) in [6.45, 7) is 2.08. The number of benzene rings is 3. The standard InChI is InChI=1S/C26H20BrClN4O2/c1-14-3-5-15(6-4-14)24-22-23(31-26-29-13-30-32(24)26)18-12-17(28)8-10-20(18)34-25(22)16-7-9-21(33-2)19(27)11-16/h3-13,24-25H,1-2H3,(H,29,30,31)/t24-,25-/m1/s1. The Morgan fingerprint density at radius 2 is 1.85 bits per heavy atom. The van der Waals surface area contributed by atoms with Gasteiger partial charge in [0.15, 0.2) is 0 Å². The Bertz CT molecular complexity index is 1450. The van der Waals surface area contributed by atoms with E-state index < -0.39 is 0 Å². The van der Waals surface area contributed by atoms with E-state index in [1.54, 1.807) is 13.4 Å². The van der Waals surface area contributed by atoms with E-state index in [2.05, 4.69) is 62.5 Å². The second-order valence-electron chi connectivity index (χ2n) is 8.33. The molecular weight excluding hydrogens is 516 g/mol. The highest BCUT2D eigenvalue weighted by Crippen LogP contribution is 2.51. The third-order valence-corrected chi connectivity index (χ3v) is 7.10. The molecule has 4 aromatic rings. The number of hydrogen-bond donors (Lipinski definition) is 1. The van der Waals surface area contributed by atoms with Gasteiger partial charge in [0.25, 0.3) is 0 Å². The fraction of sp³-hybridized carbons (Fsp3) is 0.154. The van der Waals surface area contributed by atoms with Crippen molar-refractivity contribution in [3.05, 3.63) is 104 Å². The van der Waals surface area contributed by atoms with Crippen LogP contribution in [-0.2, 0) is 0 Å². The summed E-state index contributed by atoms with van der Waals surface area (Å²) >= 11 is 10.0. The summed E-state index contributed by atoms with van der Waals surface area (Å²) in [5.74, 6) is 2.19. The minimum atomic E-state index is -0.373. The molecule has 0 fully saturated rings. The van der Waals surface area contributed by atoms with Crippen molar-refractivity contribution in [3.8, 4) is 11.5 Å². The smallest absolute Gasteiger partial charge is 0.226 e. The van der Waals surface area contributed by atoms with Gasteiger partial charge in [0.1, 0.15) is 30.0 Å². The molecule has 170 valence electrons. The minimum absolute atomic E-state index is 0.215. The number of nitrogens with zero attached hydrogens (tertiary/aromatic N) is 3. The van der Waals surface area contributed by atoms with Gasteiger partial charge in [-0.3, -0.25) is 0 Å². The van der Waals surface area contributed by atoms with Crippen LogP contribution in [0.1, 0.15) is 34.4 Å². The lowest BCUT2D eigenvalue weighted by Crippen LogP contribution is -2.32. The highest BCUT2D eigenvalue weighted by molar-refractivity contribution is 9.10. The van der Waals surface area contributed by atoms with Crippen LogP contribution in [0.15, 0.2) is 77.0 Å². The molecule has 0 radical (unpaired) electrons. The molecule has 6 nitrogen and oxygen atoms in total. The third-order valence-electron chi connectivity index (χ3n) is 6.25. The third kappa shape index (κ3) is 3.38. The summed E-state index contributed by atoms with van der Waals surface area (Å²) in [6.07, 6.45) is 1.20. The zero-order valence-electron chi connectivity index (χ0n) is 18.4. The number of ether oxygens (including phenoxy) is 2. The van der Waals surface area contributed by atoms with Gasteiger partial charge in [0, 0.05) is 16.2 Å². The first-order chi connectivity index (χ1) is 16.5. The largest absolute Gasteiger partial charge is 0.496 e. The molecule has 0 unspecified atom stereocenters. The Kier molecular flexibility index (Phi) is 5.12. The molecule has 8 heteroatoms. The Balaban J connectivity index is 1.62. The zero-order valence-corrected chi connectivity index (χ0v) is 20.8. The Morgan fingerprint density at radius 3 is 2.62 bits per heavy atom. The van der Waals surface area contributed by atoms with E-state index in [0.29, 0.717) is 11.0 Å². The maximum Gasteiger partial charge on any atom is 0.226 e. The van der Waals surface area contributed by atoms with Gasteiger partial charge in [-0.15, -0.1) is 0 Å². The molecule has 2 aliphatic heterocycles. The minimum Gasteiger partial charge on any atom is -0.496 e. The predicted molar refractivity (Wildman–Crippen MR) is 135 cm³/mol. The number of hydrogen-bond acceptors (Lipinski definition) is 5. The second-order valence-corrected chi connectivity index (χ2v) is 9.62. The average Bonchev–Trinajstić information content (AvgIpc) is 3.31. The average molecular weight is 536 g/mol. The number of halogens is 2. The number of nitrogens with one attached hydrogen (secondary N) is 1. The highest BCUT2D eigenvalue weighted by Gasteiger charge is 2.41. The lowest BCUT2D eigenvalue weighted by Gasteiger charge is -2.39. The molecule has 3 heterocycles. The number of aromatic nitrogens is 3. The van der Waals surface area contributed by atoms with Crippen molar-refractivity contribution in [2.24, 2.45) is 0 Å². The molecule has 0 saturated heterocycles. The monoisotopic (exact) mass is 534 g/mol. The molecule has 0 aliphatic carbocycles. The Hall–Kier alpha value is -3.29. The molecule has 2 atom stereocenters. The normalized spacial score (nSPS) is 18.4. The molecule has 0 spiro atoms. The molecule has 0 amide bonds. The van der Waals surface area contributed by atoms with Crippen LogP contribution in [0, 0.1) is 6.92 Å². The van der Waals surface area contributed by atoms with E-state index in [1.165, 1.54) is 5.56 Å². The van der Waals surface area contributed by atoms with Crippen LogP contribution < -0.4 is 14.8 Å². The van der Waals surface area contributed by atoms with Crippen molar-refractivity contribution in [3.63, 3.8) is 0 Å². The summed E-state index contributed by atoms with van der Waals surface area (Å²) < 4.78 is 14.9. The van der Waals surface area contributed by atoms with E-state index in [9.17, 15) is 0 Å². The van der Waals surface area contributed by atoms with Crippen molar-refractivity contribution >= 4 is 39.2 Å². The van der Waals surface area contributed by atoms with Crippen LogP contribution in [0.3, 0.4) is 0 Å². The van der Waals surface area contributed by atoms with E-state index >= 15 is 0 Å². The van der Waals surface area contributed by atoms with Gasteiger partial charge in [-0.2, -0.15) is 10.1 Å². The quantitative estimate of drug-likeness (QED) is 0.321. The van der Waals surface area contributed by atoms with E-state index in [4.69, 9.17) is 21.1 Å². The van der Waals surface area contributed by atoms with E-state index in [-0.39, 0.29) is 12.1 Å². The van der Waals surface area contributed by atoms with Gasteiger partial charge in [-0.1, -0.05) is 47.5 Å². The lowest BCUT2D eigenvalue weighted by atomic mass is 9.84. The summed E-state index contributed by atoms with van der Waals surface area (Å²) in [5.41, 5.74) is 6.15. The second kappa shape index (κ2) is 8.18. The molecule has 3 aromatic carbocycles. The number of anilines is 1. The van der Waals surface area contributed by atoms with Gasteiger partial charge in [-0.25, -0.2) is 4.68 Å². The summed E-state index contributed by atoms with van der Waals surface area (Å²) in [4.78, 5) is 4.48. The van der Waals surface area contributed by atoms with Crippen LogP contribution in [0.4, 0.5) is 5.95 Å². The van der Waals surface area contributed by atoms with Gasteiger partial charge >= 0.3 is 0 Å². The van der Waals surface area contributed by atoms with Crippen molar-refractivity contribution in [2.75, 3.05) is 12.4 Å². The summed E-state index contributed by atoms with van der Waals surface area (Å²) in [6, 6.07) is 20.0. The highest BCUT2D eigenvalue weighted by atomic mass is 79.9. The van der Waals surface area contributed by atoms with Crippen LogP contribution in [-0.4, -0.2) is 21.9 Å². The maximum atomic E-state index is 6.66. The van der Waals surface area contributed by atoms with Crippen molar-refractivity contribution in [2.45, 2.75) is 19.1 Å². The van der Waals surface area contributed by atoms with Crippen LogP contribution >= 0.6 is 27.5 Å². The van der Waals surface area contributed by atoms with Crippen LogP contribution in [0.2, 0.25) is 5.02 Å². The number of rotatable bonds is 3. The molecule has 34 heavy (non-hydrogen) atoms. The van der Waals surface area contributed by atoms with Crippen molar-refractivity contribution < 1.29 is 9.47 Å². The van der Waals surface area contributed by atoms with Crippen molar-refractivity contribution in [1.29, 1.82) is 0 Å². The maximum absolute atomic E-state index is 6.66. The molecule has 6 rings (SSSR count). The first-order valence-electron chi connectivity index (χ1n) is 10.8. The summed E-state index contributed by atoms with van der Waals surface area (Å²) in [7, 11) is 1.65. The van der Waals surface area contributed by atoms with Crippen LogP contribution in [0.25, 0.3) is 5.70 Å². The van der Waals surface area contributed by atoms with Crippen LogP contribution in [0.5, 0.6) is 11.5 Å². The molecule has 2 aliphatic rings. The summed E-state index contributed by atoms with van der Waals surface area (Å²) in [5, 5.41) is 8.72. The first kappa shape index (κ1) is 21.3. The van der Waals surface area contributed by atoms with Gasteiger partial charge in [0.2, 0.25) is 5.95 Å². The molecule has 1 N–H and O–H groups in total. The Morgan fingerprint density at radius 1 is 1.06 bits per heavy atom. The fourth-order valence-corrected chi connectivity index (χ4v) is 5.36. The SMILES string of the molecule is COc1ccc([C@H]2Oc3ccc(Cl)cc3C3=C2[C@@H](c2ccc(C)cc2)n2ncnc2N3)cc1Br. The van der Waals surface area contributed by atoms with Gasteiger partial charge < -0.3 is 14.8 Å². The zero-order chi connectivity index (χ0) is 23.4. The topological polar surface area (TPSA) is 61.2 Å². The molecule has 0 bridgehead atoms. The molecule has 1 aromatic heterocycles. The Labute approximate surface area is 210 Å². The van der Waals surface area contributed by atoms with Gasteiger partial charge in [0.05, 0.1) is 17.3 Å².